The second-order valence-corrected chi connectivity index (χ2v) is 5.39. The van der Waals surface area contributed by atoms with E-state index in [4.69, 9.17) is 9.05 Å². The van der Waals surface area contributed by atoms with Gasteiger partial charge in [0, 0.05) is 13.8 Å². The van der Waals surface area contributed by atoms with Gasteiger partial charge in [-0.15, -0.1) is 0 Å². The number of hydrogen-bond donors (Lipinski definition) is 0. The highest BCUT2D eigenvalue weighted by molar-refractivity contribution is 7.53. The van der Waals surface area contributed by atoms with Crippen LogP contribution in [0, 0.1) is 0 Å². The lowest BCUT2D eigenvalue weighted by Gasteiger charge is -2.30. The first-order valence-electron chi connectivity index (χ1n) is 4.68. The molecular weight excluding hydrogens is 203 g/mol. The van der Waals surface area contributed by atoms with E-state index in [0.29, 0.717) is 12.8 Å². The summed E-state index contributed by atoms with van der Waals surface area (Å²) in [6, 6.07) is 0. The van der Waals surface area contributed by atoms with Gasteiger partial charge in [0.1, 0.15) is 5.60 Å². The Morgan fingerprint density at radius 2 is 1.79 bits per heavy atom. The second kappa shape index (κ2) is 5.06. The van der Waals surface area contributed by atoms with Crippen LogP contribution >= 0.6 is 7.60 Å². The van der Waals surface area contributed by atoms with E-state index in [0.717, 1.165) is 0 Å². The third kappa shape index (κ3) is 3.19. The maximum atomic E-state index is 11.6. The van der Waals surface area contributed by atoms with Gasteiger partial charge < -0.3 is 4.52 Å². The minimum Gasteiger partial charge on any atom is -0.312 e. The van der Waals surface area contributed by atoms with Crippen LogP contribution in [0.1, 0.15) is 33.6 Å². The monoisotopic (exact) mass is 222 g/mol. The molecule has 14 heavy (non-hydrogen) atoms. The zero-order chi connectivity index (χ0) is 11.4. The van der Waals surface area contributed by atoms with Crippen molar-refractivity contribution in [2.24, 2.45) is 0 Å². The largest absolute Gasteiger partial charge is 0.328 e. The van der Waals surface area contributed by atoms with Crippen LogP contribution in [0.5, 0.6) is 0 Å². The predicted octanol–water partition coefficient (Wildman–Crippen LogP) is 2.62. The maximum Gasteiger partial charge on any atom is 0.328 e. The van der Waals surface area contributed by atoms with Crippen molar-refractivity contribution in [3.8, 4) is 0 Å². The summed E-state index contributed by atoms with van der Waals surface area (Å²) in [5.41, 5.74) is -0.958. The topological polar surface area (TPSA) is 52.6 Å². The van der Waals surface area contributed by atoms with Crippen LogP contribution in [-0.4, -0.2) is 25.2 Å². The first kappa shape index (κ1) is 13.8. The van der Waals surface area contributed by atoms with Crippen molar-refractivity contribution in [3.05, 3.63) is 0 Å². The lowest BCUT2D eigenvalue weighted by atomic mass is 9.93. The quantitative estimate of drug-likeness (QED) is 0.648. The van der Waals surface area contributed by atoms with E-state index < -0.39 is 13.2 Å². The van der Waals surface area contributed by atoms with Gasteiger partial charge in [-0.25, -0.2) is 0 Å². The van der Waals surface area contributed by atoms with E-state index in [1.807, 2.05) is 13.8 Å². The Balaban J connectivity index is 4.86. The molecule has 0 N–H and O–H groups in total. The molecule has 0 fully saturated rings. The molecule has 0 radical (unpaired) electrons. The molecule has 0 aromatic carbocycles. The second-order valence-electron chi connectivity index (χ2n) is 3.30. The smallest absolute Gasteiger partial charge is 0.312 e. The summed E-state index contributed by atoms with van der Waals surface area (Å²) in [4.78, 5) is 11.4. The molecule has 0 heterocycles. The molecule has 5 heteroatoms. The fourth-order valence-corrected chi connectivity index (χ4v) is 2.39. The first-order chi connectivity index (χ1) is 6.33. The van der Waals surface area contributed by atoms with Gasteiger partial charge in [0.15, 0.2) is 5.78 Å². The van der Waals surface area contributed by atoms with Gasteiger partial charge in [-0.1, -0.05) is 13.8 Å². The van der Waals surface area contributed by atoms with Gasteiger partial charge in [0.25, 0.3) is 0 Å². The van der Waals surface area contributed by atoms with E-state index in [2.05, 4.69) is 0 Å². The Morgan fingerprint density at radius 3 is 2.00 bits per heavy atom. The molecule has 0 aromatic rings. The van der Waals surface area contributed by atoms with Crippen molar-refractivity contribution >= 4 is 13.4 Å². The van der Waals surface area contributed by atoms with Crippen molar-refractivity contribution in [1.82, 2.24) is 0 Å². The third-order valence-electron chi connectivity index (χ3n) is 2.46. The van der Waals surface area contributed by atoms with E-state index in [9.17, 15) is 9.36 Å². The number of carbonyl (C=O) groups excluding carboxylic acids is 1. The molecule has 0 aliphatic heterocycles. The van der Waals surface area contributed by atoms with Gasteiger partial charge >= 0.3 is 7.60 Å². The molecule has 0 spiro atoms. The van der Waals surface area contributed by atoms with Gasteiger partial charge in [0.2, 0.25) is 0 Å². The minimum atomic E-state index is -3.10. The Hall–Kier alpha value is -0.180. The lowest BCUT2D eigenvalue weighted by molar-refractivity contribution is -0.133. The molecule has 84 valence electrons. The lowest BCUT2D eigenvalue weighted by Crippen LogP contribution is -2.37. The molecule has 0 aliphatic carbocycles. The highest BCUT2D eigenvalue weighted by Gasteiger charge is 2.38. The predicted molar refractivity (Wildman–Crippen MR) is 55.6 cm³/mol. The average Bonchev–Trinajstić information content (AvgIpc) is 2.14. The van der Waals surface area contributed by atoms with Crippen LogP contribution in [0.25, 0.3) is 0 Å². The zero-order valence-corrected chi connectivity index (χ0v) is 10.4. The van der Waals surface area contributed by atoms with Crippen LogP contribution in [0.3, 0.4) is 0 Å². The van der Waals surface area contributed by atoms with Crippen molar-refractivity contribution in [3.63, 3.8) is 0 Å². The third-order valence-corrected chi connectivity index (χ3v) is 3.80. The van der Waals surface area contributed by atoms with Crippen molar-refractivity contribution in [2.75, 3.05) is 13.8 Å². The van der Waals surface area contributed by atoms with Crippen molar-refractivity contribution in [1.29, 1.82) is 0 Å². The molecule has 4 nitrogen and oxygen atoms in total. The normalized spacial score (nSPS) is 16.4. The summed E-state index contributed by atoms with van der Waals surface area (Å²) in [5.74, 6) is -0.110. The summed E-state index contributed by atoms with van der Waals surface area (Å²) >= 11 is 0. The fraction of sp³-hybridized carbons (Fsp3) is 0.889. The van der Waals surface area contributed by atoms with Gasteiger partial charge in [-0.2, -0.15) is 0 Å². The molecule has 0 rings (SSSR count). The van der Waals surface area contributed by atoms with Crippen LogP contribution in [0.2, 0.25) is 0 Å². The molecule has 0 aromatic heterocycles. The van der Waals surface area contributed by atoms with Crippen LogP contribution in [-0.2, 0) is 18.4 Å². The molecule has 0 bridgehead atoms. The summed E-state index contributed by atoms with van der Waals surface area (Å²) in [7, 11) is -1.79. The van der Waals surface area contributed by atoms with Crippen LogP contribution in [0.15, 0.2) is 0 Å². The first-order valence-corrected chi connectivity index (χ1v) is 6.67. The zero-order valence-electron chi connectivity index (χ0n) is 9.49. The van der Waals surface area contributed by atoms with Crippen LogP contribution in [0.4, 0.5) is 0 Å². The Morgan fingerprint density at radius 1 is 1.36 bits per heavy atom. The number of carbonyl (C=O) groups is 1. The highest BCUT2D eigenvalue weighted by Crippen LogP contribution is 2.48. The van der Waals surface area contributed by atoms with Gasteiger partial charge in [-0.3, -0.25) is 13.9 Å². The summed E-state index contributed by atoms with van der Waals surface area (Å²) in [5, 5.41) is 0. The fourth-order valence-electron chi connectivity index (χ4n) is 1.30. The molecule has 0 saturated heterocycles. The number of Topliss-reactive ketones (excluding diaryl/α,β-unsaturated/α-hetero) is 1. The molecule has 1 atom stereocenters. The standard InChI is InChI=1S/C9H19O4P/c1-6-9(7-2,8(3)10)13-14(5,11)12-4/h6-7H2,1-5H3. The molecule has 0 saturated carbocycles. The molecular formula is C9H19O4P. The van der Waals surface area contributed by atoms with E-state index in [1.54, 1.807) is 0 Å². The summed E-state index contributed by atoms with van der Waals surface area (Å²) in [6.45, 7) is 6.49. The number of rotatable bonds is 6. The number of ketones is 1. The van der Waals surface area contributed by atoms with Crippen molar-refractivity contribution < 1.29 is 18.4 Å². The Kier molecular flexibility index (Phi) is 4.99. The van der Waals surface area contributed by atoms with Crippen LogP contribution < -0.4 is 0 Å². The van der Waals surface area contributed by atoms with E-state index >= 15 is 0 Å². The molecule has 1 unspecified atom stereocenters. The average molecular weight is 222 g/mol. The SMILES string of the molecule is CCC(CC)(OP(C)(=O)OC)C(C)=O. The Bertz CT molecular complexity index is 245. The van der Waals surface area contributed by atoms with E-state index in [-0.39, 0.29) is 5.78 Å². The highest BCUT2D eigenvalue weighted by atomic mass is 31.2. The summed E-state index contributed by atoms with van der Waals surface area (Å²) < 4.78 is 21.7. The van der Waals surface area contributed by atoms with E-state index in [1.165, 1.54) is 20.7 Å². The number of hydrogen-bond acceptors (Lipinski definition) is 4. The van der Waals surface area contributed by atoms with Gasteiger partial charge in [0.05, 0.1) is 0 Å². The maximum absolute atomic E-state index is 11.6. The Labute approximate surface area is 85.5 Å². The summed E-state index contributed by atoms with van der Waals surface area (Å²) in [6.07, 6.45) is 1.00. The molecule has 0 amide bonds. The minimum absolute atomic E-state index is 0.110. The van der Waals surface area contributed by atoms with Crippen molar-refractivity contribution in [2.45, 2.75) is 39.2 Å². The molecule has 0 aliphatic rings. The van der Waals surface area contributed by atoms with Gasteiger partial charge in [-0.05, 0) is 19.8 Å².